The number of carbonyl (C=O) groups excluding carboxylic acids is 1. The molecule has 3 aromatic rings. The number of hydrogen-bond acceptors (Lipinski definition) is 5. The van der Waals surface area contributed by atoms with E-state index in [1.54, 1.807) is 42.5 Å². The SMILES string of the molecule is Cc1noc(C)c1COc1cccc(C(=O)OCc2c(Cl)cccc2Cl)c1. The predicted molar refractivity (Wildman–Crippen MR) is 102 cm³/mol. The van der Waals surface area contributed by atoms with E-state index in [0.29, 0.717) is 39.3 Å². The number of aromatic nitrogens is 1. The van der Waals surface area contributed by atoms with Gasteiger partial charge in [0.05, 0.1) is 16.8 Å². The first-order valence-corrected chi connectivity index (χ1v) is 8.96. The zero-order chi connectivity index (χ0) is 19.4. The highest BCUT2D eigenvalue weighted by Gasteiger charge is 2.13. The number of ether oxygens (including phenoxy) is 2. The Morgan fingerprint density at radius 3 is 2.41 bits per heavy atom. The van der Waals surface area contributed by atoms with Gasteiger partial charge in [-0.2, -0.15) is 0 Å². The first kappa shape index (κ1) is 19.3. The van der Waals surface area contributed by atoms with Crippen molar-refractivity contribution >= 4 is 29.2 Å². The standard InChI is InChI=1S/C20H17Cl2NO4/c1-12-16(13(2)27-23-12)10-25-15-6-3-5-14(9-15)20(24)26-11-17-18(21)7-4-8-19(17)22/h3-9H,10-11H2,1-2H3. The van der Waals surface area contributed by atoms with Crippen molar-refractivity contribution in [3.05, 3.63) is 80.7 Å². The van der Waals surface area contributed by atoms with Gasteiger partial charge in [-0.3, -0.25) is 0 Å². The second-order valence-electron chi connectivity index (χ2n) is 5.90. The molecule has 0 aliphatic rings. The first-order chi connectivity index (χ1) is 13.0. The lowest BCUT2D eigenvalue weighted by molar-refractivity contribution is 0.0472. The third kappa shape index (κ3) is 4.62. The Morgan fingerprint density at radius 2 is 1.74 bits per heavy atom. The summed E-state index contributed by atoms with van der Waals surface area (Å²) in [5.41, 5.74) is 2.60. The molecule has 0 amide bonds. The van der Waals surface area contributed by atoms with Crippen molar-refractivity contribution in [2.45, 2.75) is 27.1 Å². The van der Waals surface area contributed by atoms with Gasteiger partial charge in [-0.1, -0.05) is 40.5 Å². The summed E-state index contributed by atoms with van der Waals surface area (Å²) in [7, 11) is 0. The van der Waals surface area contributed by atoms with Gasteiger partial charge in [0.25, 0.3) is 0 Å². The van der Waals surface area contributed by atoms with Gasteiger partial charge in [-0.25, -0.2) is 4.79 Å². The molecule has 7 heteroatoms. The molecule has 0 unspecified atom stereocenters. The van der Waals surface area contributed by atoms with E-state index < -0.39 is 5.97 Å². The highest BCUT2D eigenvalue weighted by Crippen LogP contribution is 2.25. The van der Waals surface area contributed by atoms with Crippen LogP contribution in [0.5, 0.6) is 5.75 Å². The molecule has 5 nitrogen and oxygen atoms in total. The van der Waals surface area contributed by atoms with E-state index in [0.717, 1.165) is 11.3 Å². The Kier molecular flexibility index (Phi) is 6.04. The number of halogens is 2. The van der Waals surface area contributed by atoms with E-state index in [9.17, 15) is 4.79 Å². The van der Waals surface area contributed by atoms with Gasteiger partial charge in [-0.15, -0.1) is 0 Å². The van der Waals surface area contributed by atoms with Crippen LogP contribution >= 0.6 is 23.2 Å². The number of nitrogens with zero attached hydrogens (tertiary/aromatic N) is 1. The summed E-state index contributed by atoms with van der Waals surface area (Å²) < 4.78 is 16.2. The fourth-order valence-corrected chi connectivity index (χ4v) is 2.97. The summed E-state index contributed by atoms with van der Waals surface area (Å²) >= 11 is 12.2. The first-order valence-electron chi connectivity index (χ1n) is 8.20. The number of rotatable bonds is 6. The van der Waals surface area contributed by atoms with Crippen molar-refractivity contribution < 1.29 is 18.8 Å². The Labute approximate surface area is 166 Å². The molecule has 1 heterocycles. The van der Waals surface area contributed by atoms with Gasteiger partial charge in [0.15, 0.2) is 0 Å². The highest BCUT2D eigenvalue weighted by atomic mass is 35.5. The van der Waals surface area contributed by atoms with E-state index >= 15 is 0 Å². The fourth-order valence-electron chi connectivity index (χ4n) is 2.47. The van der Waals surface area contributed by atoms with Crippen LogP contribution in [-0.4, -0.2) is 11.1 Å². The van der Waals surface area contributed by atoms with E-state index in [-0.39, 0.29) is 6.61 Å². The van der Waals surface area contributed by atoms with Crippen molar-refractivity contribution in [2.24, 2.45) is 0 Å². The van der Waals surface area contributed by atoms with Crippen LogP contribution in [0.2, 0.25) is 10.0 Å². The molecule has 0 N–H and O–H groups in total. The molecular formula is C20H17Cl2NO4. The Hall–Kier alpha value is -2.50. The van der Waals surface area contributed by atoms with E-state index in [2.05, 4.69) is 5.16 Å². The topological polar surface area (TPSA) is 61.6 Å². The number of carbonyl (C=O) groups is 1. The van der Waals surface area contributed by atoms with Crippen LogP contribution in [-0.2, 0) is 18.0 Å². The molecule has 3 rings (SSSR count). The molecule has 1 aromatic heterocycles. The third-order valence-electron chi connectivity index (χ3n) is 4.04. The minimum absolute atomic E-state index is 0.0124. The van der Waals surface area contributed by atoms with Crippen LogP contribution in [0.3, 0.4) is 0 Å². The third-order valence-corrected chi connectivity index (χ3v) is 4.75. The molecule has 0 spiro atoms. The molecule has 27 heavy (non-hydrogen) atoms. The van der Waals surface area contributed by atoms with Gasteiger partial charge >= 0.3 is 5.97 Å². The summed E-state index contributed by atoms with van der Waals surface area (Å²) in [4.78, 5) is 12.3. The maximum atomic E-state index is 12.3. The van der Waals surface area contributed by atoms with Gasteiger partial charge in [-0.05, 0) is 44.2 Å². The van der Waals surface area contributed by atoms with Gasteiger partial charge in [0.2, 0.25) is 0 Å². The molecule has 0 saturated heterocycles. The van der Waals surface area contributed by atoms with Crippen LogP contribution in [0.15, 0.2) is 47.0 Å². The summed E-state index contributed by atoms with van der Waals surface area (Å²) in [5, 5.41) is 4.79. The molecule has 0 bridgehead atoms. The molecule has 0 saturated carbocycles. The lowest BCUT2D eigenvalue weighted by atomic mass is 10.2. The van der Waals surface area contributed by atoms with Crippen molar-refractivity contribution in [3.63, 3.8) is 0 Å². The number of benzene rings is 2. The van der Waals surface area contributed by atoms with Crippen molar-refractivity contribution in [1.29, 1.82) is 0 Å². The average molecular weight is 406 g/mol. The van der Waals surface area contributed by atoms with Crippen molar-refractivity contribution in [3.8, 4) is 5.75 Å². The average Bonchev–Trinajstić information content (AvgIpc) is 2.97. The highest BCUT2D eigenvalue weighted by molar-refractivity contribution is 6.35. The van der Waals surface area contributed by atoms with Crippen LogP contribution in [0.4, 0.5) is 0 Å². The second-order valence-corrected chi connectivity index (χ2v) is 6.71. The predicted octanol–water partition coefficient (Wildman–Crippen LogP) is 5.53. The Balaban J connectivity index is 1.65. The van der Waals surface area contributed by atoms with Crippen LogP contribution < -0.4 is 4.74 Å². The summed E-state index contributed by atoms with van der Waals surface area (Å²) in [6, 6.07) is 11.9. The van der Waals surface area contributed by atoms with Gasteiger partial charge in [0, 0.05) is 15.6 Å². The van der Waals surface area contributed by atoms with Gasteiger partial charge < -0.3 is 14.0 Å². The molecule has 0 atom stereocenters. The normalized spacial score (nSPS) is 10.7. The maximum Gasteiger partial charge on any atom is 0.338 e. The molecular weight excluding hydrogens is 389 g/mol. The molecule has 0 radical (unpaired) electrons. The second kappa shape index (κ2) is 8.46. The number of esters is 1. The lowest BCUT2D eigenvalue weighted by Crippen LogP contribution is -2.06. The minimum atomic E-state index is -0.492. The zero-order valence-corrected chi connectivity index (χ0v) is 16.3. The Bertz CT molecular complexity index is 929. The zero-order valence-electron chi connectivity index (χ0n) is 14.8. The van der Waals surface area contributed by atoms with Crippen molar-refractivity contribution in [2.75, 3.05) is 0 Å². The van der Waals surface area contributed by atoms with Crippen LogP contribution in [0.1, 0.15) is 32.9 Å². The smallest absolute Gasteiger partial charge is 0.338 e. The van der Waals surface area contributed by atoms with E-state index in [1.165, 1.54) is 0 Å². The summed E-state index contributed by atoms with van der Waals surface area (Å²) in [6.45, 7) is 3.96. The molecule has 140 valence electrons. The fraction of sp³-hybridized carbons (Fsp3) is 0.200. The van der Waals surface area contributed by atoms with E-state index in [4.69, 9.17) is 37.2 Å². The van der Waals surface area contributed by atoms with Crippen LogP contribution in [0.25, 0.3) is 0 Å². The monoisotopic (exact) mass is 405 g/mol. The van der Waals surface area contributed by atoms with Crippen molar-refractivity contribution in [1.82, 2.24) is 5.16 Å². The van der Waals surface area contributed by atoms with Crippen LogP contribution in [0, 0.1) is 13.8 Å². The van der Waals surface area contributed by atoms with E-state index in [1.807, 2.05) is 13.8 Å². The maximum absolute atomic E-state index is 12.3. The molecule has 2 aromatic carbocycles. The lowest BCUT2D eigenvalue weighted by Gasteiger charge is -2.10. The molecule has 0 aliphatic heterocycles. The summed E-state index contributed by atoms with van der Waals surface area (Å²) in [6.07, 6.45) is 0. The number of hydrogen-bond donors (Lipinski definition) is 0. The summed E-state index contributed by atoms with van der Waals surface area (Å²) in [5.74, 6) is 0.758. The quantitative estimate of drug-likeness (QED) is 0.504. The minimum Gasteiger partial charge on any atom is -0.489 e. The molecule has 0 aliphatic carbocycles. The Morgan fingerprint density at radius 1 is 1.04 bits per heavy atom. The number of aryl methyl sites for hydroxylation is 2. The largest absolute Gasteiger partial charge is 0.489 e. The molecule has 0 fully saturated rings. The van der Waals surface area contributed by atoms with Gasteiger partial charge in [0.1, 0.15) is 24.7 Å².